The largest absolute Gasteiger partial charge is 0.465 e. The van der Waals surface area contributed by atoms with Crippen molar-refractivity contribution in [3.05, 3.63) is 83.7 Å². The molecule has 0 fully saturated rings. The normalized spacial score (nSPS) is 12.5. The highest BCUT2D eigenvalue weighted by molar-refractivity contribution is 7.89. The lowest BCUT2D eigenvalue weighted by Gasteiger charge is -2.20. The maximum Gasteiger partial charge on any atom is 0.337 e. The van der Waals surface area contributed by atoms with Crippen molar-refractivity contribution in [1.29, 1.82) is 0 Å². The Morgan fingerprint density at radius 1 is 1.21 bits per heavy atom. The third kappa shape index (κ3) is 3.95. The van der Waals surface area contributed by atoms with E-state index in [0.717, 1.165) is 0 Å². The molecule has 1 aromatic heterocycles. The molecule has 1 heterocycles. The summed E-state index contributed by atoms with van der Waals surface area (Å²) in [5, 5.41) is 0. The minimum absolute atomic E-state index is 0.0878. The summed E-state index contributed by atoms with van der Waals surface area (Å²) in [6.45, 7) is 0. The zero-order valence-electron chi connectivity index (χ0n) is 15.2. The fourth-order valence-electron chi connectivity index (χ4n) is 2.75. The molecule has 0 amide bonds. The number of hydrogen-bond donors (Lipinski definition) is 1. The standard InChI is InChI=1S/C19H18FN3O4S/c1-23-11-10-21-18(23)17(15-8-3-4-9-16(15)20)22-28(25,26)14-7-5-6-13(12-14)19(24)27-2/h3-12,17,22H,1-2H3/t17-/m1/s1. The fraction of sp³-hybridized carbons (Fsp3) is 0.158. The molecule has 9 heteroatoms. The summed E-state index contributed by atoms with van der Waals surface area (Å²) in [5.41, 5.74) is 0.217. The van der Waals surface area contributed by atoms with Crippen LogP contribution in [0.3, 0.4) is 0 Å². The van der Waals surface area contributed by atoms with Gasteiger partial charge in [-0.25, -0.2) is 22.6 Å². The average Bonchev–Trinajstić information content (AvgIpc) is 3.12. The van der Waals surface area contributed by atoms with Crippen molar-refractivity contribution in [2.45, 2.75) is 10.9 Å². The second kappa shape index (κ2) is 7.91. The molecule has 0 aliphatic rings. The first-order valence-electron chi connectivity index (χ1n) is 8.26. The van der Waals surface area contributed by atoms with Crippen molar-refractivity contribution in [3.63, 3.8) is 0 Å². The molecule has 0 saturated carbocycles. The number of rotatable bonds is 6. The van der Waals surface area contributed by atoms with Crippen LogP contribution in [0.2, 0.25) is 0 Å². The van der Waals surface area contributed by atoms with Crippen LogP contribution in [0.1, 0.15) is 27.8 Å². The van der Waals surface area contributed by atoms with Gasteiger partial charge in [-0.2, -0.15) is 4.72 Å². The van der Waals surface area contributed by atoms with Gasteiger partial charge in [0.2, 0.25) is 10.0 Å². The number of esters is 1. The lowest BCUT2D eigenvalue weighted by molar-refractivity contribution is 0.0600. The number of aromatic nitrogens is 2. The van der Waals surface area contributed by atoms with Crippen LogP contribution in [0.25, 0.3) is 0 Å². The van der Waals surface area contributed by atoms with Gasteiger partial charge in [-0.1, -0.05) is 24.3 Å². The molecule has 3 aromatic rings. The molecular weight excluding hydrogens is 385 g/mol. The number of halogens is 1. The molecule has 0 radical (unpaired) electrons. The Morgan fingerprint density at radius 2 is 1.96 bits per heavy atom. The molecule has 7 nitrogen and oxygen atoms in total. The van der Waals surface area contributed by atoms with Gasteiger partial charge in [-0.3, -0.25) is 0 Å². The Hall–Kier alpha value is -3.04. The van der Waals surface area contributed by atoms with Crippen LogP contribution in [0.5, 0.6) is 0 Å². The highest BCUT2D eigenvalue weighted by Crippen LogP contribution is 2.25. The molecule has 1 atom stereocenters. The van der Waals surface area contributed by atoms with Gasteiger partial charge in [0.05, 0.1) is 17.6 Å². The Kier molecular flexibility index (Phi) is 5.57. The van der Waals surface area contributed by atoms with Gasteiger partial charge in [0.15, 0.2) is 0 Å². The lowest BCUT2D eigenvalue weighted by atomic mass is 10.1. The zero-order chi connectivity index (χ0) is 20.3. The zero-order valence-corrected chi connectivity index (χ0v) is 16.0. The highest BCUT2D eigenvalue weighted by Gasteiger charge is 2.28. The first-order chi connectivity index (χ1) is 13.3. The second-order valence-electron chi connectivity index (χ2n) is 5.99. The molecule has 0 saturated heterocycles. The summed E-state index contributed by atoms with van der Waals surface area (Å²) < 4.78 is 49.1. The SMILES string of the molecule is COC(=O)c1cccc(S(=O)(=O)N[C@H](c2ccccc2F)c2nccn2C)c1. The first kappa shape index (κ1) is 19.7. The highest BCUT2D eigenvalue weighted by atomic mass is 32.2. The summed E-state index contributed by atoms with van der Waals surface area (Å²) in [6.07, 6.45) is 3.13. The molecular formula is C19H18FN3O4S. The van der Waals surface area contributed by atoms with E-state index in [2.05, 4.69) is 14.4 Å². The fourth-order valence-corrected chi connectivity index (χ4v) is 3.97. The first-order valence-corrected chi connectivity index (χ1v) is 9.74. The van der Waals surface area contributed by atoms with Crippen molar-refractivity contribution in [2.24, 2.45) is 7.05 Å². The Bertz CT molecular complexity index is 1110. The maximum atomic E-state index is 14.4. The summed E-state index contributed by atoms with van der Waals surface area (Å²) in [6, 6.07) is 10.2. The quantitative estimate of drug-likeness (QED) is 0.639. The van der Waals surface area contributed by atoms with Gasteiger partial charge < -0.3 is 9.30 Å². The van der Waals surface area contributed by atoms with E-state index in [1.807, 2.05) is 0 Å². The number of benzene rings is 2. The molecule has 146 valence electrons. The van der Waals surface area contributed by atoms with Gasteiger partial charge in [0.25, 0.3) is 0 Å². The van der Waals surface area contributed by atoms with Gasteiger partial charge in [0.1, 0.15) is 17.7 Å². The Balaban J connectivity index is 2.05. The number of hydrogen-bond acceptors (Lipinski definition) is 5. The molecule has 3 rings (SSSR count). The summed E-state index contributed by atoms with van der Waals surface area (Å²) in [4.78, 5) is 15.7. The van der Waals surface area contributed by atoms with Crippen LogP contribution in [0, 0.1) is 5.82 Å². The number of nitrogens with zero attached hydrogens (tertiary/aromatic N) is 2. The number of methoxy groups -OCH3 is 1. The van der Waals surface area contributed by atoms with E-state index in [1.54, 1.807) is 23.9 Å². The average molecular weight is 403 g/mol. The lowest BCUT2D eigenvalue weighted by Crippen LogP contribution is -2.32. The summed E-state index contributed by atoms with van der Waals surface area (Å²) in [7, 11) is -1.22. The van der Waals surface area contributed by atoms with Crippen molar-refractivity contribution in [1.82, 2.24) is 14.3 Å². The number of ether oxygens (including phenoxy) is 1. The number of aryl methyl sites for hydroxylation is 1. The smallest absolute Gasteiger partial charge is 0.337 e. The van der Waals surface area contributed by atoms with E-state index in [-0.39, 0.29) is 16.0 Å². The second-order valence-corrected chi connectivity index (χ2v) is 7.71. The molecule has 0 aliphatic heterocycles. The Morgan fingerprint density at radius 3 is 2.61 bits per heavy atom. The van der Waals surface area contributed by atoms with Crippen molar-refractivity contribution in [3.8, 4) is 0 Å². The van der Waals surface area contributed by atoms with Gasteiger partial charge in [0, 0.05) is 25.0 Å². The summed E-state index contributed by atoms with van der Waals surface area (Å²) in [5.74, 6) is -0.911. The van der Waals surface area contributed by atoms with Crippen molar-refractivity contribution >= 4 is 16.0 Å². The number of imidazole rings is 1. The number of carbonyl (C=O) groups is 1. The molecule has 28 heavy (non-hydrogen) atoms. The van der Waals surface area contributed by atoms with Crippen LogP contribution in [-0.2, 0) is 21.8 Å². The molecule has 0 aliphatic carbocycles. The molecule has 0 bridgehead atoms. The van der Waals surface area contributed by atoms with Crippen LogP contribution >= 0.6 is 0 Å². The minimum Gasteiger partial charge on any atom is -0.465 e. The minimum atomic E-state index is -4.11. The molecule has 2 aromatic carbocycles. The van der Waals surface area contributed by atoms with E-state index in [1.165, 1.54) is 55.8 Å². The molecule has 0 spiro atoms. The monoisotopic (exact) mass is 403 g/mol. The van der Waals surface area contributed by atoms with E-state index >= 15 is 0 Å². The van der Waals surface area contributed by atoms with Crippen LogP contribution < -0.4 is 4.72 Å². The number of carbonyl (C=O) groups excluding carboxylic acids is 1. The van der Waals surface area contributed by atoms with E-state index < -0.39 is 27.9 Å². The topological polar surface area (TPSA) is 90.3 Å². The van der Waals surface area contributed by atoms with Crippen molar-refractivity contribution < 1.29 is 22.3 Å². The van der Waals surface area contributed by atoms with Crippen molar-refractivity contribution in [2.75, 3.05) is 7.11 Å². The predicted molar refractivity (Wildman–Crippen MR) is 99.6 cm³/mol. The van der Waals surface area contributed by atoms with E-state index in [4.69, 9.17) is 0 Å². The van der Waals surface area contributed by atoms with Gasteiger partial charge in [-0.05, 0) is 24.3 Å². The van der Waals surface area contributed by atoms with Crippen LogP contribution in [0.4, 0.5) is 4.39 Å². The summed E-state index contributed by atoms with van der Waals surface area (Å²) >= 11 is 0. The predicted octanol–water partition coefficient (Wildman–Crippen LogP) is 2.41. The maximum absolute atomic E-state index is 14.4. The third-order valence-electron chi connectivity index (χ3n) is 4.17. The Labute approximate surface area is 161 Å². The third-order valence-corrected chi connectivity index (χ3v) is 5.59. The molecule has 1 N–H and O–H groups in total. The number of sulfonamides is 1. The van der Waals surface area contributed by atoms with Gasteiger partial charge in [-0.15, -0.1) is 0 Å². The van der Waals surface area contributed by atoms with Crippen LogP contribution in [0.15, 0.2) is 65.8 Å². The molecule has 0 unspecified atom stereocenters. The van der Waals surface area contributed by atoms with Crippen LogP contribution in [-0.4, -0.2) is 31.0 Å². The number of nitrogens with one attached hydrogen (secondary N) is 1. The van der Waals surface area contributed by atoms with Gasteiger partial charge >= 0.3 is 5.97 Å². The van der Waals surface area contributed by atoms with E-state index in [9.17, 15) is 17.6 Å². The van der Waals surface area contributed by atoms with E-state index in [0.29, 0.717) is 5.82 Å².